The predicted octanol–water partition coefficient (Wildman–Crippen LogP) is 4.72. The molecule has 0 aromatic heterocycles. The SMILES string of the molecule is COc1cc(Br)c(C(N)c2cc(OC)c(OC)cc2Br)cc1OC.Cl. The second kappa shape index (κ2) is 9.52. The van der Waals surface area contributed by atoms with Gasteiger partial charge in [-0.25, -0.2) is 0 Å². The first-order valence-electron chi connectivity index (χ1n) is 7.05. The Balaban J connectivity index is 0.00000312. The van der Waals surface area contributed by atoms with E-state index in [9.17, 15) is 0 Å². The van der Waals surface area contributed by atoms with Gasteiger partial charge in [-0.15, -0.1) is 12.4 Å². The van der Waals surface area contributed by atoms with E-state index in [1.54, 1.807) is 28.4 Å². The van der Waals surface area contributed by atoms with E-state index in [1.165, 1.54) is 0 Å². The topological polar surface area (TPSA) is 62.9 Å². The summed E-state index contributed by atoms with van der Waals surface area (Å²) < 4.78 is 23.0. The van der Waals surface area contributed by atoms with E-state index in [4.69, 9.17) is 24.7 Å². The summed E-state index contributed by atoms with van der Waals surface area (Å²) in [5, 5.41) is 0. The quantitative estimate of drug-likeness (QED) is 0.626. The molecule has 0 aliphatic heterocycles. The van der Waals surface area contributed by atoms with Crippen LogP contribution in [0, 0.1) is 0 Å². The molecule has 0 amide bonds. The van der Waals surface area contributed by atoms with Crippen LogP contribution in [0.15, 0.2) is 33.2 Å². The van der Waals surface area contributed by atoms with Crippen molar-refractivity contribution in [3.8, 4) is 23.0 Å². The second-order valence-corrected chi connectivity index (χ2v) is 6.64. The average Bonchev–Trinajstić information content (AvgIpc) is 2.60. The molecule has 25 heavy (non-hydrogen) atoms. The van der Waals surface area contributed by atoms with E-state index in [2.05, 4.69) is 31.9 Å². The van der Waals surface area contributed by atoms with Crippen molar-refractivity contribution in [1.82, 2.24) is 0 Å². The van der Waals surface area contributed by atoms with Crippen LogP contribution >= 0.6 is 44.3 Å². The molecule has 0 radical (unpaired) electrons. The van der Waals surface area contributed by atoms with Crippen molar-refractivity contribution in [3.63, 3.8) is 0 Å². The summed E-state index contributed by atoms with van der Waals surface area (Å²) in [6.07, 6.45) is 0. The first kappa shape index (κ1) is 21.9. The van der Waals surface area contributed by atoms with Crippen LogP contribution in [0.25, 0.3) is 0 Å². The van der Waals surface area contributed by atoms with Crippen molar-refractivity contribution < 1.29 is 18.9 Å². The van der Waals surface area contributed by atoms with E-state index in [-0.39, 0.29) is 12.4 Å². The number of hydrogen-bond donors (Lipinski definition) is 1. The molecule has 2 aromatic carbocycles. The molecule has 0 saturated heterocycles. The van der Waals surface area contributed by atoms with Crippen molar-refractivity contribution in [2.75, 3.05) is 28.4 Å². The molecule has 138 valence electrons. The number of nitrogens with two attached hydrogens (primary N) is 1. The van der Waals surface area contributed by atoms with Gasteiger partial charge in [-0.1, -0.05) is 31.9 Å². The third-order valence-electron chi connectivity index (χ3n) is 3.68. The average molecular weight is 498 g/mol. The molecule has 0 bridgehead atoms. The van der Waals surface area contributed by atoms with Crippen LogP contribution in [0.4, 0.5) is 0 Å². The lowest BCUT2D eigenvalue weighted by Crippen LogP contribution is -2.14. The van der Waals surface area contributed by atoms with Gasteiger partial charge in [0.25, 0.3) is 0 Å². The Morgan fingerprint density at radius 2 is 0.960 bits per heavy atom. The summed E-state index contributed by atoms with van der Waals surface area (Å²) in [6.45, 7) is 0. The van der Waals surface area contributed by atoms with Crippen LogP contribution in [-0.2, 0) is 0 Å². The van der Waals surface area contributed by atoms with E-state index in [1.807, 2.05) is 24.3 Å². The number of rotatable bonds is 6. The van der Waals surface area contributed by atoms with E-state index in [0.717, 1.165) is 20.1 Å². The Labute approximate surface area is 170 Å². The number of benzene rings is 2. The van der Waals surface area contributed by atoms with Gasteiger partial charge in [0.15, 0.2) is 23.0 Å². The fourth-order valence-electron chi connectivity index (χ4n) is 2.38. The molecule has 2 aromatic rings. The maximum Gasteiger partial charge on any atom is 0.161 e. The number of hydrogen-bond acceptors (Lipinski definition) is 5. The molecule has 2 rings (SSSR count). The molecule has 0 fully saturated rings. The molecule has 0 saturated carbocycles. The van der Waals surface area contributed by atoms with Gasteiger partial charge in [0.2, 0.25) is 0 Å². The van der Waals surface area contributed by atoms with Gasteiger partial charge >= 0.3 is 0 Å². The van der Waals surface area contributed by atoms with Gasteiger partial charge in [0.05, 0.1) is 34.5 Å². The zero-order valence-corrected chi connectivity index (χ0v) is 18.2. The van der Waals surface area contributed by atoms with E-state index < -0.39 is 6.04 Å². The zero-order valence-electron chi connectivity index (χ0n) is 14.3. The van der Waals surface area contributed by atoms with Gasteiger partial charge in [-0.3, -0.25) is 0 Å². The Morgan fingerprint density at radius 3 is 1.24 bits per heavy atom. The highest BCUT2D eigenvalue weighted by Crippen LogP contribution is 2.41. The number of methoxy groups -OCH3 is 4. The zero-order chi connectivity index (χ0) is 17.9. The van der Waals surface area contributed by atoms with Gasteiger partial charge in [0.1, 0.15) is 0 Å². The molecule has 5 nitrogen and oxygen atoms in total. The van der Waals surface area contributed by atoms with Crippen LogP contribution in [0.2, 0.25) is 0 Å². The third-order valence-corrected chi connectivity index (χ3v) is 5.05. The lowest BCUT2D eigenvalue weighted by Gasteiger charge is -2.20. The lowest BCUT2D eigenvalue weighted by atomic mass is 9.98. The summed E-state index contributed by atoms with van der Waals surface area (Å²) >= 11 is 7.10. The molecule has 0 spiro atoms. The highest BCUT2D eigenvalue weighted by atomic mass is 79.9. The third kappa shape index (κ3) is 4.53. The molecule has 8 heteroatoms. The largest absolute Gasteiger partial charge is 0.493 e. The van der Waals surface area contributed by atoms with Crippen molar-refractivity contribution in [1.29, 1.82) is 0 Å². The normalized spacial score (nSPS) is 10.2. The summed E-state index contributed by atoms with van der Waals surface area (Å²) in [6, 6.07) is 6.98. The molecule has 0 atom stereocenters. The first-order valence-corrected chi connectivity index (χ1v) is 8.63. The maximum atomic E-state index is 6.50. The monoisotopic (exact) mass is 495 g/mol. The van der Waals surface area contributed by atoms with Crippen LogP contribution in [0.5, 0.6) is 23.0 Å². The Morgan fingerprint density at radius 1 is 0.680 bits per heavy atom. The highest BCUT2D eigenvalue weighted by Gasteiger charge is 2.21. The molecular weight excluding hydrogens is 477 g/mol. The molecule has 0 unspecified atom stereocenters. The first-order chi connectivity index (χ1) is 11.5. The van der Waals surface area contributed by atoms with Crippen molar-refractivity contribution in [2.45, 2.75) is 6.04 Å². The van der Waals surface area contributed by atoms with Crippen LogP contribution < -0.4 is 24.7 Å². The highest BCUT2D eigenvalue weighted by molar-refractivity contribution is 9.10. The second-order valence-electron chi connectivity index (χ2n) is 4.94. The fourth-order valence-corrected chi connectivity index (χ4v) is 3.52. The minimum absolute atomic E-state index is 0. The Kier molecular flexibility index (Phi) is 8.34. The Bertz CT molecular complexity index is 682. The summed E-state index contributed by atoms with van der Waals surface area (Å²) in [5.74, 6) is 2.49. The Hall–Kier alpha value is -1.15. The number of ether oxygens (including phenoxy) is 4. The van der Waals surface area contributed by atoms with Crippen LogP contribution in [0.1, 0.15) is 17.2 Å². The lowest BCUT2D eigenvalue weighted by molar-refractivity contribution is 0.353. The smallest absolute Gasteiger partial charge is 0.161 e. The molecule has 0 aliphatic rings. The predicted molar refractivity (Wildman–Crippen MR) is 108 cm³/mol. The number of halogens is 3. The fraction of sp³-hybridized carbons (Fsp3) is 0.294. The van der Waals surface area contributed by atoms with Crippen LogP contribution in [0.3, 0.4) is 0 Å². The van der Waals surface area contributed by atoms with Gasteiger partial charge < -0.3 is 24.7 Å². The van der Waals surface area contributed by atoms with Crippen molar-refractivity contribution in [2.24, 2.45) is 5.73 Å². The molecular formula is C17H20Br2ClNO4. The van der Waals surface area contributed by atoms with Crippen molar-refractivity contribution >= 4 is 44.3 Å². The van der Waals surface area contributed by atoms with Gasteiger partial charge in [-0.2, -0.15) is 0 Å². The van der Waals surface area contributed by atoms with Crippen LogP contribution in [-0.4, -0.2) is 28.4 Å². The minimum Gasteiger partial charge on any atom is -0.493 e. The maximum absolute atomic E-state index is 6.50. The molecule has 0 aliphatic carbocycles. The summed E-state index contributed by atoms with van der Waals surface area (Å²) in [5.41, 5.74) is 8.22. The van der Waals surface area contributed by atoms with Crippen molar-refractivity contribution in [3.05, 3.63) is 44.3 Å². The van der Waals surface area contributed by atoms with Gasteiger partial charge in [-0.05, 0) is 35.4 Å². The standard InChI is InChI=1S/C17H19Br2NO4.ClH/c1-21-13-5-9(11(18)7-15(13)23-3)17(20)10-6-14(22-2)16(24-4)8-12(10)19;/h5-8,17H,20H2,1-4H3;1H. The molecule has 0 heterocycles. The van der Waals surface area contributed by atoms with E-state index >= 15 is 0 Å². The van der Waals surface area contributed by atoms with E-state index in [0.29, 0.717) is 23.0 Å². The summed E-state index contributed by atoms with van der Waals surface area (Å²) in [7, 11) is 6.37. The van der Waals surface area contributed by atoms with Gasteiger partial charge in [0, 0.05) is 8.95 Å². The summed E-state index contributed by atoms with van der Waals surface area (Å²) in [4.78, 5) is 0. The minimum atomic E-state index is -0.409. The molecule has 2 N–H and O–H groups in total.